The highest BCUT2D eigenvalue weighted by Crippen LogP contribution is 2.24. The van der Waals surface area contributed by atoms with Crippen LogP contribution in [0.3, 0.4) is 0 Å². The first kappa shape index (κ1) is 21.2. The molecule has 0 radical (unpaired) electrons. The van der Waals surface area contributed by atoms with Gasteiger partial charge in [-0.15, -0.1) is 11.3 Å². The lowest BCUT2D eigenvalue weighted by Crippen LogP contribution is -2.22. The molecular weight excluding hydrogens is 408 g/mol. The molecule has 3 rings (SSSR count). The van der Waals surface area contributed by atoms with Gasteiger partial charge in [0.2, 0.25) is 10.0 Å². The molecule has 0 N–H and O–H groups in total. The molecule has 2 aromatic carbocycles. The van der Waals surface area contributed by atoms with Crippen LogP contribution in [0.15, 0.2) is 58.8 Å². The van der Waals surface area contributed by atoms with Crippen LogP contribution in [0.25, 0.3) is 10.6 Å². The number of benzene rings is 2. The predicted molar refractivity (Wildman–Crippen MR) is 113 cm³/mol. The van der Waals surface area contributed by atoms with Crippen molar-refractivity contribution in [3.63, 3.8) is 0 Å². The van der Waals surface area contributed by atoms with Gasteiger partial charge in [-0.25, -0.2) is 17.7 Å². The molecule has 0 aliphatic heterocycles. The molecule has 0 bridgehead atoms. The molecule has 8 heteroatoms. The second-order valence-electron chi connectivity index (χ2n) is 6.79. The lowest BCUT2D eigenvalue weighted by atomic mass is 10.1. The van der Waals surface area contributed by atoms with E-state index < -0.39 is 16.0 Å². The topological polar surface area (TPSA) is 76.6 Å². The monoisotopic (exact) mass is 430 g/mol. The summed E-state index contributed by atoms with van der Waals surface area (Å²) in [5.74, 6) is -0.410. The van der Waals surface area contributed by atoms with Crippen molar-refractivity contribution in [3.05, 3.63) is 70.7 Å². The SMILES string of the molecule is Cc1cccc(-c2nc(CC(=O)OCc3cccc(S(=O)(=O)N(C)C)c3)cs2)c1. The zero-order valence-corrected chi connectivity index (χ0v) is 18.1. The summed E-state index contributed by atoms with van der Waals surface area (Å²) < 4.78 is 30.9. The third-order valence-corrected chi connectivity index (χ3v) is 6.97. The van der Waals surface area contributed by atoms with Gasteiger partial charge < -0.3 is 4.74 Å². The fourth-order valence-electron chi connectivity index (χ4n) is 2.67. The number of thiazole rings is 1. The zero-order chi connectivity index (χ0) is 21.0. The molecule has 0 aliphatic carbocycles. The molecular formula is C21H22N2O4S2. The van der Waals surface area contributed by atoms with Crippen LogP contribution in [0, 0.1) is 6.92 Å². The minimum Gasteiger partial charge on any atom is -0.461 e. The van der Waals surface area contributed by atoms with Gasteiger partial charge in [0.05, 0.1) is 17.0 Å². The number of aromatic nitrogens is 1. The standard InChI is InChI=1S/C21H22N2O4S2/c1-15-6-4-8-17(10-15)21-22-18(14-28-21)12-20(24)27-13-16-7-5-9-19(11-16)29(25,26)23(2)3/h4-11,14H,12-13H2,1-3H3. The van der Waals surface area contributed by atoms with Gasteiger partial charge in [-0.1, -0.05) is 35.9 Å². The van der Waals surface area contributed by atoms with Crippen molar-refractivity contribution < 1.29 is 17.9 Å². The average Bonchev–Trinajstić information content (AvgIpc) is 3.15. The molecule has 0 saturated carbocycles. The van der Waals surface area contributed by atoms with Crippen LogP contribution in [-0.2, 0) is 32.6 Å². The molecule has 0 atom stereocenters. The van der Waals surface area contributed by atoms with E-state index in [1.165, 1.54) is 37.6 Å². The van der Waals surface area contributed by atoms with E-state index in [4.69, 9.17) is 4.74 Å². The summed E-state index contributed by atoms with van der Waals surface area (Å²) >= 11 is 1.48. The van der Waals surface area contributed by atoms with E-state index in [2.05, 4.69) is 11.1 Å². The second kappa shape index (κ2) is 8.86. The minimum absolute atomic E-state index is 0.00446. The van der Waals surface area contributed by atoms with Gasteiger partial charge in [0.25, 0.3) is 0 Å². The highest BCUT2D eigenvalue weighted by molar-refractivity contribution is 7.89. The fraction of sp³-hybridized carbons (Fsp3) is 0.238. The summed E-state index contributed by atoms with van der Waals surface area (Å²) in [5.41, 5.74) is 3.44. The third-order valence-electron chi connectivity index (χ3n) is 4.22. The summed E-state index contributed by atoms with van der Waals surface area (Å²) in [6.07, 6.45) is 0.0675. The number of aryl methyl sites for hydroxylation is 1. The number of hydrogen-bond donors (Lipinski definition) is 0. The Morgan fingerprint density at radius 1 is 1.14 bits per heavy atom. The number of sulfonamides is 1. The van der Waals surface area contributed by atoms with Crippen LogP contribution in [0.5, 0.6) is 0 Å². The van der Waals surface area contributed by atoms with Crippen molar-refractivity contribution in [2.45, 2.75) is 24.8 Å². The van der Waals surface area contributed by atoms with Crippen molar-refractivity contribution >= 4 is 27.3 Å². The van der Waals surface area contributed by atoms with Crippen LogP contribution < -0.4 is 0 Å². The Morgan fingerprint density at radius 2 is 1.90 bits per heavy atom. The number of ether oxygens (including phenoxy) is 1. The van der Waals surface area contributed by atoms with Crippen LogP contribution in [0.1, 0.15) is 16.8 Å². The smallest absolute Gasteiger partial charge is 0.312 e. The van der Waals surface area contributed by atoms with Crippen LogP contribution in [0.4, 0.5) is 0 Å². The van der Waals surface area contributed by atoms with Crippen molar-refractivity contribution in [2.24, 2.45) is 0 Å². The number of esters is 1. The van der Waals surface area contributed by atoms with E-state index in [1.807, 2.05) is 30.5 Å². The highest BCUT2D eigenvalue weighted by atomic mass is 32.2. The summed E-state index contributed by atoms with van der Waals surface area (Å²) in [5, 5.41) is 2.71. The summed E-state index contributed by atoms with van der Waals surface area (Å²) in [6, 6.07) is 14.4. The molecule has 0 spiro atoms. The lowest BCUT2D eigenvalue weighted by Gasteiger charge is -2.12. The summed E-state index contributed by atoms with van der Waals surface area (Å²) in [6.45, 7) is 2.03. The maximum Gasteiger partial charge on any atom is 0.312 e. The molecule has 152 valence electrons. The zero-order valence-electron chi connectivity index (χ0n) is 16.5. The van der Waals surface area contributed by atoms with Gasteiger partial charge in [-0.3, -0.25) is 4.79 Å². The summed E-state index contributed by atoms with van der Waals surface area (Å²) in [4.78, 5) is 16.9. The Morgan fingerprint density at radius 3 is 2.62 bits per heavy atom. The van der Waals surface area contributed by atoms with Gasteiger partial charge in [-0.2, -0.15) is 0 Å². The lowest BCUT2D eigenvalue weighted by molar-refractivity contribution is -0.144. The molecule has 0 fully saturated rings. The molecule has 0 aliphatic rings. The molecule has 29 heavy (non-hydrogen) atoms. The average molecular weight is 431 g/mol. The summed E-state index contributed by atoms with van der Waals surface area (Å²) in [7, 11) is -0.583. The molecule has 3 aromatic rings. The van der Waals surface area contributed by atoms with E-state index >= 15 is 0 Å². The Bertz CT molecular complexity index is 1120. The molecule has 0 unspecified atom stereocenters. The van der Waals surface area contributed by atoms with Crippen molar-refractivity contribution in [2.75, 3.05) is 14.1 Å². The number of hydrogen-bond acceptors (Lipinski definition) is 6. The van der Waals surface area contributed by atoms with E-state index in [1.54, 1.807) is 12.1 Å². The first-order valence-corrected chi connectivity index (χ1v) is 11.3. The van der Waals surface area contributed by atoms with Crippen molar-refractivity contribution in [3.8, 4) is 10.6 Å². The molecule has 0 amide bonds. The van der Waals surface area contributed by atoms with E-state index in [9.17, 15) is 13.2 Å². The van der Waals surface area contributed by atoms with Gasteiger partial charge >= 0.3 is 5.97 Å². The number of rotatable bonds is 7. The molecule has 6 nitrogen and oxygen atoms in total. The maximum atomic E-state index is 12.2. The van der Waals surface area contributed by atoms with Gasteiger partial charge in [0.1, 0.15) is 11.6 Å². The minimum atomic E-state index is -3.53. The van der Waals surface area contributed by atoms with E-state index in [0.29, 0.717) is 11.3 Å². The maximum absolute atomic E-state index is 12.2. The Labute approximate surface area is 174 Å². The number of carbonyl (C=O) groups is 1. The first-order chi connectivity index (χ1) is 13.8. The number of nitrogens with zero attached hydrogens (tertiary/aromatic N) is 2. The van der Waals surface area contributed by atoms with Crippen LogP contribution >= 0.6 is 11.3 Å². The third kappa shape index (κ3) is 5.29. The van der Waals surface area contributed by atoms with Gasteiger partial charge in [0.15, 0.2) is 0 Å². The molecule has 1 heterocycles. The molecule has 0 saturated heterocycles. The highest BCUT2D eigenvalue weighted by Gasteiger charge is 2.17. The van der Waals surface area contributed by atoms with Gasteiger partial charge in [-0.05, 0) is 30.7 Å². The van der Waals surface area contributed by atoms with Crippen molar-refractivity contribution in [1.29, 1.82) is 0 Å². The quantitative estimate of drug-likeness (QED) is 0.535. The normalized spacial score (nSPS) is 11.6. The van der Waals surface area contributed by atoms with Crippen LogP contribution in [0.2, 0.25) is 0 Å². The molecule has 1 aromatic heterocycles. The largest absolute Gasteiger partial charge is 0.461 e. The van der Waals surface area contributed by atoms with Crippen LogP contribution in [-0.4, -0.2) is 37.8 Å². The first-order valence-electron chi connectivity index (χ1n) is 8.94. The second-order valence-corrected chi connectivity index (χ2v) is 9.80. The predicted octanol–water partition coefficient (Wildman–Crippen LogP) is 3.65. The van der Waals surface area contributed by atoms with E-state index in [0.717, 1.165) is 20.4 Å². The number of carbonyl (C=O) groups excluding carboxylic acids is 1. The fourth-order valence-corrected chi connectivity index (χ4v) is 4.46. The van der Waals surface area contributed by atoms with E-state index in [-0.39, 0.29) is 17.9 Å². The Balaban J connectivity index is 1.61. The Kier molecular flexibility index (Phi) is 6.46. The van der Waals surface area contributed by atoms with Gasteiger partial charge in [0, 0.05) is 25.0 Å². The Hall–Kier alpha value is -2.55. The van der Waals surface area contributed by atoms with Crippen molar-refractivity contribution in [1.82, 2.24) is 9.29 Å².